The summed E-state index contributed by atoms with van der Waals surface area (Å²) in [6, 6.07) is 5.65. The zero-order chi connectivity index (χ0) is 15.8. The molecular weight excluding hydrogens is 286 g/mol. The number of nitrogens with two attached hydrogens (primary N) is 1. The number of hydrogen-bond donors (Lipinski definition) is 2. The molecular formula is C16H26ClN3O. The summed E-state index contributed by atoms with van der Waals surface area (Å²) in [5.41, 5.74) is 6.83. The molecule has 0 saturated heterocycles. The molecule has 1 rings (SSSR count). The Morgan fingerprint density at radius 3 is 2.71 bits per heavy atom. The Balaban J connectivity index is 2.40. The predicted molar refractivity (Wildman–Crippen MR) is 90.7 cm³/mol. The minimum absolute atomic E-state index is 0.0122. The van der Waals surface area contributed by atoms with Gasteiger partial charge in [-0.1, -0.05) is 25.4 Å². The SMILES string of the molecule is CCC(C)N(CC)CCCC(=O)Nc1ccc(N)cc1Cl. The molecule has 1 aromatic carbocycles. The quantitative estimate of drug-likeness (QED) is 0.719. The van der Waals surface area contributed by atoms with E-state index >= 15 is 0 Å². The highest BCUT2D eigenvalue weighted by atomic mass is 35.5. The number of nitrogens with one attached hydrogen (secondary N) is 1. The van der Waals surface area contributed by atoms with Gasteiger partial charge in [-0.05, 0) is 51.1 Å². The number of rotatable bonds is 8. The summed E-state index contributed by atoms with van der Waals surface area (Å²) < 4.78 is 0. The lowest BCUT2D eigenvalue weighted by atomic mass is 10.2. The van der Waals surface area contributed by atoms with Gasteiger partial charge in [-0.25, -0.2) is 0 Å². The maximum Gasteiger partial charge on any atom is 0.224 e. The van der Waals surface area contributed by atoms with Crippen molar-refractivity contribution in [2.75, 3.05) is 24.1 Å². The van der Waals surface area contributed by atoms with E-state index in [1.165, 1.54) is 0 Å². The molecule has 0 aliphatic heterocycles. The minimum Gasteiger partial charge on any atom is -0.399 e. The fourth-order valence-electron chi connectivity index (χ4n) is 2.24. The Hall–Kier alpha value is -1.26. The normalized spacial score (nSPS) is 12.4. The monoisotopic (exact) mass is 311 g/mol. The summed E-state index contributed by atoms with van der Waals surface area (Å²) >= 11 is 6.04. The van der Waals surface area contributed by atoms with E-state index in [9.17, 15) is 4.79 Å². The van der Waals surface area contributed by atoms with Crippen molar-refractivity contribution < 1.29 is 4.79 Å². The molecule has 21 heavy (non-hydrogen) atoms. The molecule has 1 unspecified atom stereocenters. The molecule has 0 fully saturated rings. The molecule has 118 valence electrons. The van der Waals surface area contributed by atoms with Gasteiger partial charge in [-0.2, -0.15) is 0 Å². The maximum absolute atomic E-state index is 11.9. The van der Waals surface area contributed by atoms with Gasteiger partial charge in [0.25, 0.3) is 0 Å². The Morgan fingerprint density at radius 1 is 1.43 bits per heavy atom. The molecule has 4 nitrogen and oxygen atoms in total. The van der Waals surface area contributed by atoms with Crippen LogP contribution >= 0.6 is 11.6 Å². The number of hydrogen-bond acceptors (Lipinski definition) is 3. The van der Waals surface area contributed by atoms with E-state index in [0.717, 1.165) is 25.9 Å². The van der Waals surface area contributed by atoms with Gasteiger partial charge < -0.3 is 16.0 Å². The molecule has 0 aliphatic rings. The van der Waals surface area contributed by atoms with Gasteiger partial charge in [0.15, 0.2) is 0 Å². The third-order valence-electron chi connectivity index (χ3n) is 3.74. The van der Waals surface area contributed by atoms with Crippen LogP contribution in [0.5, 0.6) is 0 Å². The second-order valence-corrected chi connectivity index (χ2v) is 5.68. The fraction of sp³-hybridized carbons (Fsp3) is 0.562. The van der Waals surface area contributed by atoms with Crippen molar-refractivity contribution in [3.8, 4) is 0 Å². The number of amides is 1. The number of carbonyl (C=O) groups excluding carboxylic acids is 1. The van der Waals surface area contributed by atoms with Crippen LogP contribution in [0, 0.1) is 0 Å². The number of nitrogen functional groups attached to an aromatic ring is 1. The van der Waals surface area contributed by atoms with Crippen LogP contribution in [-0.2, 0) is 4.79 Å². The summed E-state index contributed by atoms with van der Waals surface area (Å²) in [4.78, 5) is 14.3. The first-order chi connectivity index (χ1) is 9.97. The zero-order valence-electron chi connectivity index (χ0n) is 13.2. The Labute approximate surface area is 132 Å². The topological polar surface area (TPSA) is 58.4 Å². The molecule has 0 radical (unpaired) electrons. The summed E-state index contributed by atoms with van der Waals surface area (Å²) in [6.45, 7) is 8.51. The molecule has 1 atom stereocenters. The fourth-order valence-corrected chi connectivity index (χ4v) is 2.47. The lowest BCUT2D eigenvalue weighted by Gasteiger charge is -2.26. The van der Waals surface area contributed by atoms with E-state index in [4.69, 9.17) is 17.3 Å². The van der Waals surface area contributed by atoms with Gasteiger partial charge in [0.2, 0.25) is 5.91 Å². The van der Waals surface area contributed by atoms with Crippen molar-refractivity contribution in [2.24, 2.45) is 0 Å². The van der Waals surface area contributed by atoms with Crippen molar-refractivity contribution in [2.45, 2.75) is 46.1 Å². The smallest absolute Gasteiger partial charge is 0.224 e. The van der Waals surface area contributed by atoms with Gasteiger partial charge in [-0.15, -0.1) is 0 Å². The van der Waals surface area contributed by atoms with Crippen molar-refractivity contribution in [1.29, 1.82) is 0 Å². The van der Waals surface area contributed by atoms with E-state index in [-0.39, 0.29) is 5.91 Å². The third-order valence-corrected chi connectivity index (χ3v) is 4.05. The molecule has 5 heteroatoms. The van der Waals surface area contributed by atoms with E-state index in [1.54, 1.807) is 18.2 Å². The summed E-state index contributed by atoms with van der Waals surface area (Å²) in [6.07, 6.45) is 2.46. The number of carbonyl (C=O) groups is 1. The first-order valence-corrected chi connectivity index (χ1v) is 7.94. The van der Waals surface area contributed by atoms with E-state index in [1.807, 2.05) is 0 Å². The number of benzene rings is 1. The molecule has 0 spiro atoms. The summed E-state index contributed by atoms with van der Waals surface area (Å²) in [7, 11) is 0. The largest absolute Gasteiger partial charge is 0.399 e. The van der Waals surface area contributed by atoms with Gasteiger partial charge in [0.1, 0.15) is 0 Å². The molecule has 1 aromatic rings. The lowest BCUT2D eigenvalue weighted by Crippen LogP contribution is -2.33. The predicted octanol–water partition coefficient (Wildman–Crippen LogP) is 3.76. The molecule has 3 N–H and O–H groups in total. The number of nitrogens with zero attached hydrogens (tertiary/aromatic N) is 1. The standard InChI is InChI=1S/C16H26ClN3O/c1-4-12(3)20(5-2)10-6-7-16(21)19-15-9-8-13(18)11-14(15)17/h8-9,11-12H,4-7,10,18H2,1-3H3,(H,19,21). The average Bonchev–Trinajstić information content (AvgIpc) is 2.46. The van der Waals surface area contributed by atoms with Gasteiger partial charge in [-0.3, -0.25) is 4.79 Å². The first-order valence-electron chi connectivity index (χ1n) is 7.56. The second kappa shape index (κ2) is 8.90. The Morgan fingerprint density at radius 2 is 2.14 bits per heavy atom. The number of anilines is 2. The lowest BCUT2D eigenvalue weighted by molar-refractivity contribution is -0.116. The van der Waals surface area contributed by atoms with Crippen LogP contribution in [0.25, 0.3) is 0 Å². The van der Waals surface area contributed by atoms with Crippen LogP contribution in [-0.4, -0.2) is 29.9 Å². The molecule has 0 saturated carbocycles. The Bertz CT molecular complexity index is 465. The third kappa shape index (κ3) is 5.94. The highest BCUT2D eigenvalue weighted by Crippen LogP contribution is 2.24. The van der Waals surface area contributed by atoms with Crippen molar-refractivity contribution in [3.05, 3.63) is 23.2 Å². The van der Waals surface area contributed by atoms with Gasteiger partial charge in [0, 0.05) is 18.2 Å². The molecule has 0 aliphatic carbocycles. The minimum atomic E-state index is -0.0122. The van der Waals surface area contributed by atoms with E-state index < -0.39 is 0 Å². The molecule has 0 bridgehead atoms. The average molecular weight is 312 g/mol. The van der Waals surface area contributed by atoms with Crippen LogP contribution in [0.2, 0.25) is 5.02 Å². The van der Waals surface area contributed by atoms with Crippen LogP contribution < -0.4 is 11.1 Å². The van der Waals surface area contributed by atoms with Crippen LogP contribution in [0.1, 0.15) is 40.0 Å². The highest BCUT2D eigenvalue weighted by molar-refractivity contribution is 6.34. The molecule has 1 amide bonds. The van der Waals surface area contributed by atoms with Crippen molar-refractivity contribution in [1.82, 2.24) is 4.90 Å². The van der Waals surface area contributed by atoms with E-state index in [2.05, 4.69) is 31.0 Å². The highest BCUT2D eigenvalue weighted by Gasteiger charge is 2.11. The van der Waals surface area contributed by atoms with Crippen LogP contribution in [0.15, 0.2) is 18.2 Å². The summed E-state index contributed by atoms with van der Waals surface area (Å²) in [5.74, 6) is -0.0122. The molecule has 0 aromatic heterocycles. The van der Waals surface area contributed by atoms with Crippen molar-refractivity contribution in [3.63, 3.8) is 0 Å². The van der Waals surface area contributed by atoms with Crippen LogP contribution in [0.4, 0.5) is 11.4 Å². The Kier molecular flexibility index (Phi) is 7.54. The van der Waals surface area contributed by atoms with Crippen LogP contribution in [0.3, 0.4) is 0 Å². The summed E-state index contributed by atoms with van der Waals surface area (Å²) in [5, 5.41) is 3.30. The van der Waals surface area contributed by atoms with Gasteiger partial charge >= 0.3 is 0 Å². The second-order valence-electron chi connectivity index (χ2n) is 5.28. The zero-order valence-corrected chi connectivity index (χ0v) is 13.9. The first kappa shape index (κ1) is 17.8. The molecule has 0 heterocycles. The van der Waals surface area contributed by atoms with E-state index in [0.29, 0.717) is 28.9 Å². The van der Waals surface area contributed by atoms with Crippen molar-refractivity contribution >= 4 is 28.9 Å². The maximum atomic E-state index is 11.9. The number of halogens is 1. The van der Waals surface area contributed by atoms with Gasteiger partial charge in [0.05, 0.1) is 10.7 Å².